The van der Waals surface area contributed by atoms with Gasteiger partial charge in [0.1, 0.15) is 0 Å². The zero-order valence-corrected chi connectivity index (χ0v) is 13.8. The molecule has 2 amide bonds. The van der Waals surface area contributed by atoms with Gasteiger partial charge in [0.2, 0.25) is 5.91 Å². The first-order valence-electron chi connectivity index (χ1n) is 5.48. The Morgan fingerprint density at radius 1 is 1.17 bits per heavy atom. The molecule has 2 rings (SSSR count). The molecule has 0 aliphatic carbocycles. The van der Waals surface area contributed by atoms with Crippen molar-refractivity contribution in [3.63, 3.8) is 0 Å². The Bertz CT molecular complexity index is 481. The number of halogens is 2. The summed E-state index contributed by atoms with van der Waals surface area (Å²) in [6.45, 7) is 3.98. The molecule has 1 saturated heterocycles. The zero-order chi connectivity index (χ0) is 13.3. The average molecular weight is 396 g/mol. The summed E-state index contributed by atoms with van der Waals surface area (Å²) in [6, 6.07) is 1.83. The molecular formula is C11H12Br2N2O2S. The largest absolute Gasteiger partial charge is 0.339 e. The van der Waals surface area contributed by atoms with Gasteiger partial charge in [0.15, 0.2) is 0 Å². The Morgan fingerprint density at radius 3 is 2.17 bits per heavy atom. The number of thiophene rings is 1. The summed E-state index contributed by atoms with van der Waals surface area (Å²) in [5, 5.41) is 0. The summed E-state index contributed by atoms with van der Waals surface area (Å²) in [5.74, 6) is 0.0913. The van der Waals surface area contributed by atoms with Crippen LogP contribution in [0.1, 0.15) is 17.3 Å². The second kappa shape index (κ2) is 5.71. The first-order valence-corrected chi connectivity index (χ1v) is 7.89. The summed E-state index contributed by atoms with van der Waals surface area (Å²) in [6.07, 6.45) is 0. The molecule has 0 aromatic carbocycles. The highest BCUT2D eigenvalue weighted by atomic mass is 79.9. The highest BCUT2D eigenvalue weighted by molar-refractivity contribution is 9.12. The van der Waals surface area contributed by atoms with Gasteiger partial charge in [0, 0.05) is 33.1 Å². The van der Waals surface area contributed by atoms with Crippen LogP contribution in [0, 0.1) is 0 Å². The third-order valence-corrected chi connectivity index (χ3v) is 5.24. The lowest BCUT2D eigenvalue weighted by Crippen LogP contribution is -2.50. The van der Waals surface area contributed by atoms with E-state index >= 15 is 0 Å². The standard InChI is InChI=1S/C11H12Br2N2O2S/c1-7(16)14-2-4-15(5-3-14)11(17)8-6-9(12)18-10(8)13/h6H,2-5H2,1H3. The second-order valence-corrected chi connectivity index (χ2v) is 7.79. The molecular weight excluding hydrogens is 384 g/mol. The van der Waals surface area contributed by atoms with Crippen LogP contribution in [0.15, 0.2) is 13.6 Å². The van der Waals surface area contributed by atoms with Crippen molar-refractivity contribution in [3.05, 3.63) is 19.2 Å². The molecule has 1 aromatic rings. The first kappa shape index (κ1) is 14.0. The number of amides is 2. The van der Waals surface area contributed by atoms with Gasteiger partial charge in [-0.15, -0.1) is 11.3 Å². The van der Waals surface area contributed by atoms with Crippen LogP contribution in [0.5, 0.6) is 0 Å². The molecule has 1 aliphatic rings. The number of hydrogen-bond donors (Lipinski definition) is 0. The Hall–Kier alpha value is -0.400. The highest BCUT2D eigenvalue weighted by Gasteiger charge is 2.25. The molecule has 7 heteroatoms. The van der Waals surface area contributed by atoms with Crippen LogP contribution in [0.25, 0.3) is 0 Å². The van der Waals surface area contributed by atoms with Gasteiger partial charge in [-0.25, -0.2) is 0 Å². The van der Waals surface area contributed by atoms with E-state index in [-0.39, 0.29) is 11.8 Å². The number of nitrogens with zero attached hydrogens (tertiary/aromatic N) is 2. The van der Waals surface area contributed by atoms with Crippen LogP contribution < -0.4 is 0 Å². The van der Waals surface area contributed by atoms with Gasteiger partial charge in [-0.2, -0.15) is 0 Å². The Labute approximate surface area is 126 Å². The molecule has 0 atom stereocenters. The maximum Gasteiger partial charge on any atom is 0.256 e. The number of hydrogen-bond acceptors (Lipinski definition) is 3. The van der Waals surface area contributed by atoms with Crippen molar-refractivity contribution < 1.29 is 9.59 Å². The van der Waals surface area contributed by atoms with Crippen molar-refractivity contribution in [2.75, 3.05) is 26.2 Å². The molecule has 0 bridgehead atoms. The molecule has 0 radical (unpaired) electrons. The average Bonchev–Trinajstić information content (AvgIpc) is 2.67. The fourth-order valence-electron chi connectivity index (χ4n) is 1.88. The van der Waals surface area contributed by atoms with Gasteiger partial charge in [-0.3, -0.25) is 9.59 Å². The fourth-order valence-corrected chi connectivity index (χ4v) is 4.66. The van der Waals surface area contributed by atoms with E-state index < -0.39 is 0 Å². The van der Waals surface area contributed by atoms with Crippen LogP contribution in [-0.4, -0.2) is 47.8 Å². The molecule has 0 unspecified atom stereocenters. The lowest BCUT2D eigenvalue weighted by atomic mass is 10.2. The molecule has 98 valence electrons. The highest BCUT2D eigenvalue weighted by Crippen LogP contribution is 2.32. The molecule has 4 nitrogen and oxygen atoms in total. The molecule has 0 N–H and O–H groups in total. The predicted octanol–water partition coefficient (Wildman–Crippen LogP) is 2.58. The van der Waals surface area contributed by atoms with E-state index in [2.05, 4.69) is 31.9 Å². The van der Waals surface area contributed by atoms with Crippen LogP contribution in [-0.2, 0) is 4.79 Å². The van der Waals surface area contributed by atoms with Crippen molar-refractivity contribution in [3.8, 4) is 0 Å². The molecule has 1 aliphatic heterocycles. The minimum atomic E-state index is 0.0204. The van der Waals surface area contributed by atoms with E-state index in [9.17, 15) is 9.59 Å². The fraction of sp³-hybridized carbons (Fsp3) is 0.455. The SMILES string of the molecule is CC(=O)N1CCN(C(=O)c2cc(Br)sc2Br)CC1. The normalized spacial score (nSPS) is 15.9. The Morgan fingerprint density at radius 2 is 1.72 bits per heavy atom. The van der Waals surface area contributed by atoms with Crippen LogP contribution in [0.2, 0.25) is 0 Å². The van der Waals surface area contributed by atoms with E-state index in [0.717, 1.165) is 7.57 Å². The van der Waals surface area contributed by atoms with Crippen molar-refractivity contribution in [1.82, 2.24) is 9.80 Å². The van der Waals surface area contributed by atoms with Gasteiger partial charge in [0.05, 0.1) is 13.1 Å². The van der Waals surface area contributed by atoms with Gasteiger partial charge in [-0.05, 0) is 37.9 Å². The Balaban J connectivity index is 2.04. The number of carbonyl (C=O) groups excluding carboxylic acids is 2. The van der Waals surface area contributed by atoms with E-state index in [1.54, 1.807) is 16.7 Å². The lowest BCUT2D eigenvalue weighted by Gasteiger charge is -2.34. The maximum atomic E-state index is 12.3. The minimum absolute atomic E-state index is 0.0204. The molecule has 1 aromatic heterocycles. The van der Waals surface area contributed by atoms with Crippen molar-refractivity contribution >= 4 is 55.0 Å². The van der Waals surface area contributed by atoms with Gasteiger partial charge < -0.3 is 9.80 Å². The van der Waals surface area contributed by atoms with Gasteiger partial charge >= 0.3 is 0 Å². The smallest absolute Gasteiger partial charge is 0.256 e. The van der Waals surface area contributed by atoms with Crippen LogP contribution in [0.4, 0.5) is 0 Å². The third kappa shape index (κ3) is 2.95. The molecule has 0 spiro atoms. The maximum absolute atomic E-state index is 12.3. The monoisotopic (exact) mass is 394 g/mol. The van der Waals surface area contributed by atoms with E-state index in [1.807, 2.05) is 6.07 Å². The molecule has 18 heavy (non-hydrogen) atoms. The second-order valence-electron chi connectivity index (χ2n) is 4.04. The third-order valence-electron chi connectivity index (χ3n) is 2.90. The van der Waals surface area contributed by atoms with Crippen molar-refractivity contribution in [2.24, 2.45) is 0 Å². The quantitative estimate of drug-likeness (QED) is 0.733. The van der Waals surface area contributed by atoms with Gasteiger partial charge in [-0.1, -0.05) is 0 Å². The topological polar surface area (TPSA) is 40.6 Å². The molecule has 2 heterocycles. The van der Waals surface area contributed by atoms with Crippen molar-refractivity contribution in [1.29, 1.82) is 0 Å². The van der Waals surface area contributed by atoms with Gasteiger partial charge in [0.25, 0.3) is 5.91 Å². The predicted molar refractivity (Wildman–Crippen MR) is 77.9 cm³/mol. The van der Waals surface area contributed by atoms with Crippen molar-refractivity contribution in [2.45, 2.75) is 6.92 Å². The minimum Gasteiger partial charge on any atom is -0.339 e. The van der Waals surface area contributed by atoms with Crippen LogP contribution >= 0.6 is 43.2 Å². The molecule has 1 fully saturated rings. The first-order chi connectivity index (χ1) is 8.49. The summed E-state index contributed by atoms with van der Waals surface area (Å²) in [7, 11) is 0. The van der Waals surface area contributed by atoms with Crippen LogP contribution in [0.3, 0.4) is 0 Å². The number of piperazine rings is 1. The summed E-state index contributed by atoms with van der Waals surface area (Å²) >= 11 is 8.25. The lowest BCUT2D eigenvalue weighted by molar-refractivity contribution is -0.130. The zero-order valence-electron chi connectivity index (χ0n) is 9.78. The van der Waals surface area contributed by atoms with E-state index in [1.165, 1.54) is 11.3 Å². The summed E-state index contributed by atoms with van der Waals surface area (Å²) in [4.78, 5) is 27.1. The number of carbonyl (C=O) groups is 2. The molecule has 0 saturated carbocycles. The summed E-state index contributed by atoms with van der Waals surface area (Å²) < 4.78 is 1.77. The van der Waals surface area contributed by atoms with E-state index in [0.29, 0.717) is 31.7 Å². The summed E-state index contributed by atoms with van der Waals surface area (Å²) in [5.41, 5.74) is 0.683. The number of rotatable bonds is 1. The van der Waals surface area contributed by atoms with E-state index in [4.69, 9.17) is 0 Å². The Kier molecular flexibility index (Phi) is 4.45.